The van der Waals surface area contributed by atoms with Crippen molar-refractivity contribution in [2.45, 2.75) is 75.2 Å². The van der Waals surface area contributed by atoms with E-state index in [1.807, 2.05) is 11.8 Å². The Morgan fingerprint density at radius 2 is 2.10 bits per heavy atom. The van der Waals surface area contributed by atoms with Crippen LogP contribution in [0.15, 0.2) is 12.3 Å². The van der Waals surface area contributed by atoms with E-state index < -0.39 is 0 Å². The number of rotatable bonds is 5. The zero-order valence-electron chi connectivity index (χ0n) is 12.6. The quantitative estimate of drug-likeness (QED) is 0.896. The lowest BCUT2D eigenvalue weighted by molar-refractivity contribution is 0.376. The number of nitrogens with zero attached hydrogens (tertiary/aromatic N) is 2. The summed E-state index contributed by atoms with van der Waals surface area (Å²) in [4.78, 5) is 0. The summed E-state index contributed by atoms with van der Waals surface area (Å²) in [5.74, 6) is 0. The van der Waals surface area contributed by atoms with Crippen LogP contribution in [-0.4, -0.2) is 27.3 Å². The molecule has 1 aromatic rings. The number of aromatic nitrogens is 2. The molecule has 0 amide bonds. The van der Waals surface area contributed by atoms with Crippen LogP contribution < -0.4 is 5.32 Å². The summed E-state index contributed by atoms with van der Waals surface area (Å²) >= 11 is 2.03. The van der Waals surface area contributed by atoms with Crippen molar-refractivity contribution in [2.24, 2.45) is 0 Å². The largest absolute Gasteiger partial charge is 0.308 e. The topological polar surface area (TPSA) is 29.9 Å². The lowest BCUT2D eigenvalue weighted by atomic mass is 9.95. The van der Waals surface area contributed by atoms with Crippen LogP contribution in [0.1, 0.15) is 63.1 Å². The van der Waals surface area contributed by atoms with Gasteiger partial charge in [-0.15, -0.1) is 0 Å². The van der Waals surface area contributed by atoms with Gasteiger partial charge >= 0.3 is 0 Å². The Kier molecular flexibility index (Phi) is 5.05. The van der Waals surface area contributed by atoms with E-state index >= 15 is 0 Å². The zero-order chi connectivity index (χ0) is 13.8. The van der Waals surface area contributed by atoms with Gasteiger partial charge < -0.3 is 5.32 Å². The first-order valence-electron chi connectivity index (χ1n) is 8.15. The van der Waals surface area contributed by atoms with Crippen LogP contribution in [0.3, 0.4) is 0 Å². The van der Waals surface area contributed by atoms with Gasteiger partial charge in [-0.1, -0.05) is 19.3 Å². The second kappa shape index (κ2) is 6.99. The average Bonchev–Trinajstić information content (AvgIpc) is 3.16. The molecule has 4 heteroatoms. The van der Waals surface area contributed by atoms with E-state index in [9.17, 15) is 0 Å². The normalized spacial score (nSPS) is 28.1. The van der Waals surface area contributed by atoms with E-state index in [0.29, 0.717) is 12.1 Å². The zero-order valence-corrected chi connectivity index (χ0v) is 13.4. The number of nitrogens with one attached hydrogen (secondary N) is 1. The standard InChI is InChI=1S/C16H27N3S/c1-20-16-8-4-5-13(11-16)17-12-14-9-10-19(18-14)15-6-2-3-7-15/h9-10,13,15-17H,2-8,11-12H2,1H3. The highest BCUT2D eigenvalue weighted by atomic mass is 32.2. The first-order chi connectivity index (χ1) is 9.85. The first-order valence-corrected chi connectivity index (χ1v) is 9.44. The summed E-state index contributed by atoms with van der Waals surface area (Å²) in [7, 11) is 0. The monoisotopic (exact) mass is 293 g/mol. The molecular formula is C16H27N3S. The highest BCUT2D eigenvalue weighted by Gasteiger charge is 2.21. The molecule has 0 bridgehead atoms. The van der Waals surface area contributed by atoms with Gasteiger partial charge in [-0.2, -0.15) is 16.9 Å². The maximum atomic E-state index is 4.76. The van der Waals surface area contributed by atoms with Crippen molar-refractivity contribution >= 4 is 11.8 Å². The van der Waals surface area contributed by atoms with Crippen LogP contribution in [-0.2, 0) is 6.54 Å². The number of hydrogen-bond donors (Lipinski definition) is 1. The molecule has 2 fully saturated rings. The molecule has 0 spiro atoms. The molecule has 112 valence electrons. The lowest BCUT2D eigenvalue weighted by Gasteiger charge is -2.28. The maximum absolute atomic E-state index is 4.76. The molecule has 3 nitrogen and oxygen atoms in total. The predicted molar refractivity (Wildman–Crippen MR) is 86.1 cm³/mol. The molecule has 2 saturated carbocycles. The summed E-state index contributed by atoms with van der Waals surface area (Å²) in [6, 6.07) is 3.55. The van der Waals surface area contributed by atoms with Gasteiger partial charge in [0.2, 0.25) is 0 Å². The predicted octanol–water partition coefficient (Wildman–Crippen LogP) is 3.76. The van der Waals surface area contributed by atoms with Crippen molar-refractivity contribution in [3.05, 3.63) is 18.0 Å². The molecule has 0 radical (unpaired) electrons. The van der Waals surface area contributed by atoms with Crippen molar-refractivity contribution < 1.29 is 0 Å². The van der Waals surface area contributed by atoms with Crippen molar-refractivity contribution in [1.82, 2.24) is 15.1 Å². The van der Waals surface area contributed by atoms with E-state index in [4.69, 9.17) is 5.10 Å². The van der Waals surface area contributed by atoms with Crippen molar-refractivity contribution in [2.75, 3.05) is 6.26 Å². The average molecular weight is 293 g/mol. The minimum Gasteiger partial charge on any atom is -0.308 e. The Bertz CT molecular complexity index is 412. The van der Waals surface area contributed by atoms with Gasteiger partial charge in [-0.3, -0.25) is 4.68 Å². The Balaban J connectivity index is 1.48. The molecule has 1 N–H and O–H groups in total. The first kappa shape index (κ1) is 14.5. The Morgan fingerprint density at radius 3 is 2.90 bits per heavy atom. The third-order valence-corrected chi connectivity index (χ3v) is 5.99. The molecule has 2 aliphatic rings. The third kappa shape index (κ3) is 3.59. The van der Waals surface area contributed by atoms with Crippen LogP contribution in [0.25, 0.3) is 0 Å². The van der Waals surface area contributed by atoms with Gasteiger partial charge in [0.25, 0.3) is 0 Å². The van der Waals surface area contributed by atoms with Crippen LogP contribution in [0.2, 0.25) is 0 Å². The molecule has 0 saturated heterocycles. The Labute approximate surface area is 126 Å². The minimum atomic E-state index is 0.666. The van der Waals surface area contributed by atoms with Crippen LogP contribution in [0, 0.1) is 0 Å². The molecule has 2 atom stereocenters. The lowest BCUT2D eigenvalue weighted by Crippen LogP contribution is -2.34. The van der Waals surface area contributed by atoms with Gasteiger partial charge in [-0.25, -0.2) is 0 Å². The number of thioether (sulfide) groups is 1. The second-order valence-electron chi connectivity index (χ2n) is 6.33. The maximum Gasteiger partial charge on any atom is 0.0762 e. The SMILES string of the molecule is CSC1CCCC(NCc2ccn(C3CCCC3)n2)C1. The van der Waals surface area contributed by atoms with E-state index in [0.717, 1.165) is 11.8 Å². The smallest absolute Gasteiger partial charge is 0.0762 e. The van der Waals surface area contributed by atoms with Crippen molar-refractivity contribution in [1.29, 1.82) is 0 Å². The van der Waals surface area contributed by atoms with E-state index in [2.05, 4.69) is 28.5 Å². The fourth-order valence-electron chi connectivity index (χ4n) is 3.64. The fourth-order valence-corrected chi connectivity index (χ4v) is 4.46. The number of hydrogen-bond acceptors (Lipinski definition) is 3. The highest BCUT2D eigenvalue weighted by molar-refractivity contribution is 7.99. The van der Waals surface area contributed by atoms with Crippen LogP contribution in [0.4, 0.5) is 0 Å². The van der Waals surface area contributed by atoms with E-state index in [1.54, 1.807) is 0 Å². The summed E-state index contributed by atoms with van der Waals surface area (Å²) in [5, 5.41) is 9.34. The third-order valence-electron chi connectivity index (χ3n) is 4.89. The Morgan fingerprint density at radius 1 is 1.25 bits per heavy atom. The van der Waals surface area contributed by atoms with Gasteiger partial charge in [-0.05, 0) is 44.4 Å². The molecule has 3 rings (SSSR count). The molecule has 20 heavy (non-hydrogen) atoms. The molecule has 0 aliphatic heterocycles. The van der Waals surface area contributed by atoms with Gasteiger partial charge in [0.1, 0.15) is 0 Å². The van der Waals surface area contributed by atoms with Crippen LogP contribution in [0.5, 0.6) is 0 Å². The van der Waals surface area contributed by atoms with Crippen molar-refractivity contribution in [3.8, 4) is 0 Å². The Hall–Kier alpha value is -0.480. The molecular weight excluding hydrogens is 266 g/mol. The summed E-state index contributed by atoms with van der Waals surface area (Å²) in [6.45, 7) is 0.936. The van der Waals surface area contributed by atoms with Gasteiger partial charge in [0.05, 0.1) is 11.7 Å². The second-order valence-corrected chi connectivity index (χ2v) is 7.47. The van der Waals surface area contributed by atoms with Crippen LogP contribution >= 0.6 is 11.8 Å². The van der Waals surface area contributed by atoms with E-state index in [-0.39, 0.29) is 0 Å². The van der Waals surface area contributed by atoms with Gasteiger partial charge in [0.15, 0.2) is 0 Å². The minimum absolute atomic E-state index is 0.666. The van der Waals surface area contributed by atoms with Crippen molar-refractivity contribution in [3.63, 3.8) is 0 Å². The summed E-state index contributed by atoms with van der Waals surface area (Å²) < 4.78 is 2.20. The fraction of sp³-hybridized carbons (Fsp3) is 0.812. The highest BCUT2D eigenvalue weighted by Crippen LogP contribution is 2.29. The molecule has 2 unspecified atom stereocenters. The molecule has 0 aromatic carbocycles. The van der Waals surface area contributed by atoms with E-state index in [1.165, 1.54) is 57.1 Å². The summed E-state index contributed by atoms with van der Waals surface area (Å²) in [6.07, 6.45) is 15.2. The van der Waals surface area contributed by atoms with Gasteiger partial charge in [0, 0.05) is 24.0 Å². The molecule has 1 heterocycles. The molecule has 1 aromatic heterocycles. The summed E-state index contributed by atoms with van der Waals surface area (Å²) in [5.41, 5.74) is 1.21. The molecule has 2 aliphatic carbocycles.